The van der Waals surface area contributed by atoms with Crippen molar-refractivity contribution in [1.29, 1.82) is 0 Å². The number of rotatable bonds is 4. The maximum atomic E-state index is 13.7. The lowest BCUT2D eigenvalue weighted by Crippen LogP contribution is -2.59. The molecule has 2 aliphatic rings. The Morgan fingerprint density at radius 2 is 1.97 bits per heavy atom. The normalized spacial score (nSPS) is 22.5. The van der Waals surface area contributed by atoms with Gasteiger partial charge in [-0.05, 0) is 38.1 Å². The fourth-order valence-electron chi connectivity index (χ4n) is 4.86. The molecule has 0 saturated heterocycles. The van der Waals surface area contributed by atoms with E-state index in [1.54, 1.807) is 10.8 Å². The van der Waals surface area contributed by atoms with Crippen LogP contribution in [0, 0.1) is 5.92 Å². The number of carbonyl (C=O) groups is 1. The summed E-state index contributed by atoms with van der Waals surface area (Å²) >= 11 is 1.30. The Kier molecular flexibility index (Phi) is 4.96. The summed E-state index contributed by atoms with van der Waals surface area (Å²) in [5.74, 6) is -0.362. The third kappa shape index (κ3) is 3.50. The minimum Gasteiger partial charge on any atom is -0.465 e. The van der Waals surface area contributed by atoms with Crippen LogP contribution >= 0.6 is 11.3 Å². The predicted octanol–water partition coefficient (Wildman–Crippen LogP) is 2.54. The maximum absolute atomic E-state index is 13.7. The highest BCUT2D eigenvalue weighted by Gasteiger charge is 2.55. The molecule has 8 nitrogen and oxygen atoms in total. The van der Waals surface area contributed by atoms with Crippen LogP contribution in [0.1, 0.15) is 31.0 Å². The number of aromatic nitrogens is 3. The topological polar surface area (TPSA) is 90.5 Å². The van der Waals surface area contributed by atoms with Gasteiger partial charge in [-0.25, -0.2) is 4.99 Å². The van der Waals surface area contributed by atoms with Crippen molar-refractivity contribution in [2.24, 2.45) is 10.9 Å². The summed E-state index contributed by atoms with van der Waals surface area (Å²) in [5, 5.41) is 7.29. The molecule has 3 unspecified atom stereocenters. The van der Waals surface area contributed by atoms with Gasteiger partial charge in [0.25, 0.3) is 5.56 Å². The first-order valence-electron chi connectivity index (χ1n) is 11.5. The van der Waals surface area contributed by atoms with E-state index in [9.17, 15) is 9.59 Å². The van der Waals surface area contributed by atoms with Gasteiger partial charge < -0.3 is 10.1 Å². The molecule has 2 aliphatic heterocycles. The molecule has 2 bridgehead atoms. The summed E-state index contributed by atoms with van der Waals surface area (Å²) in [6, 6.07) is 16.3. The summed E-state index contributed by atoms with van der Waals surface area (Å²) in [4.78, 5) is 32.8. The average Bonchev–Trinajstić information content (AvgIpc) is 3.42. The van der Waals surface area contributed by atoms with Crippen LogP contribution in [-0.2, 0) is 11.3 Å². The molecule has 176 valence electrons. The highest BCUT2D eigenvalue weighted by Crippen LogP contribution is 2.47. The van der Waals surface area contributed by atoms with Crippen LogP contribution in [0.4, 0.5) is 5.69 Å². The zero-order valence-electron chi connectivity index (χ0n) is 19.2. The van der Waals surface area contributed by atoms with Crippen molar-refractivity contribution in [2.45, 2.75) is 32.2 Å². The fraction of sp³-hybridized carbons (Fsp3) is 0.231. The Morgan fingerprint density at radius 3 is 2.74 bits per heavy atom. The molecule has 1 N–H and O–H groups in total. The minimum absolute atomic E-state index is 0.181. The van der Waals surface area contributed by atoms with Crippen LogP contribution in [0.3, 0.4) is 0 Å². The van der Waals surface area contributed by atoms with Crippen molar-refractivity contribution >= 4 is 29.0 Å². The lowest BCUT2D eigenvalue weighted by atomic mass is 9.80. The van der Waals surface area contributed by atoms with E-state index in [1.807, 2.05) is 85.4 Å². The molecule has 4 heterocycles. The molecule has 0 spiro atoms. The molecule has 9 heteroatoms. The number of ether oxygens (including phenoxy) is 1. The molecular weight excluding hydrogens is 462 g/mol. The van der Waals surface area contributed by atoms with Crippen LogP contribution in [0.5, 0.6) is 5.75 Å². The third-order valence-corrected chi connectivity index (χ3v) is 7.46. The number of hydrogen-bond acceptors (Lipinski definition) is 6. The van der Waals surface area contributed by atoms with Crippen molar-refractivity contribution in [1.82, 2.24) is 14.3 Å². The molecule has 2 aromatic carbocycles. The molecule has 1 amide bonds. The molecular formula is C26H23N5O3S. The zero-order chi connectivity index (χ0) is 24.2. The quantitative estimate of drug-likeness (QED) is 0.481. The second kappa shape index (κ2) is 8.06. The van der Waals surface area contributed by atoms with Crippen LogP contribution in [0.2, 0.25) is 0 Å². The largest absolute Gasteiger partial charge is 0.465 e. The maximum Gasteiger partial charge on any atom is 0.270 e. The first kappa shape index (κ1) is 21.5. The van der Waals surface area contributed by atoms with Crippen LogP contribution < -0.4 is 24.9 Å². The van der Waals surface area contributed by atoms with E-state index in [-0.39, 0.29) is 11.5 Å². The van der Waals surface area contributed by atoms with Gasteiger partial charge in [-0.3, -0.25) is 18.8 Å². The lowest BCUT2D eigenvalue weighted by Gasteiger charge is -2.45. The van der Waals surface area contributed by atoms with E-state index < -0.39 is 17.7 Å². The molecule has 3 atom stereocenters. The van der Waals surface area contributed by atoms with Gasteiger partial charge >= 0.3 is 0 Å². The second-order valence-electron chi connectivity index (χ2n) is 8.78. The van der Waals surface area contributed by atoms with Crippen molar-refractivity contribution < 1.29 is 9.53 Å². The van der Waals surface area contributed by atoms with Gasteiger partial charge in [0, 0.05) is 29.6 Å². The Balaban J connectivity index is 1.53. The SMILES string of the molecule is CCn1cc(C=c2sc3n(c2=O)C2c4ccccc4OC(C)(N=3)C2C(=O)Nc2ccccc2)cn1. The second-order valence-corrected chi connectivity index (χ2v) is 9.79. The summed E-state index contributed by atoms with van der Waals surface area (Å²) in [6.07, 6.45) is 5.46. The van der Waals surface area contributed by atoms with E-state index in [4.69, 9.17) is 9.73 Å². The van der Waals surface area contributed by atoms with Gasteiger partial charge in [0.15, 0.2) is 4.80 Å². The summed E-state index contributed by atoms with van der Waals surface area (Å²) in [7, 11) is 0. The van der Waals surface area contributed by atoms with Gasteiger partial charge in [0.2, 0.25) is 11.6 Å². The highest BCUT2D eigenvalue weighted by molar-refractivity contribution is 7.07. The molecule has 0 radical (unpaired) electrons. The molecule has 35 heavy (non-hydrogen) atoms. The Labute approximate surface area is 204 Å². The molecule has 6 rings (SSSR count). The number of amides is 1. The molecule has 0 aliphatic carbocycles. The number of nitrogens with zero attached hydrogens (tertiary/aromatic N) is 4. The van der Waals surface area contributed by atoms with Crippen molar-refractivity contribution in [2.75, 3.05) is 5.32 Å². The van der Waals surface area contributed by atoms with E-state index in [0.29, 0.717) is 20.8 Å². The van der Waals surface area contributed by atoms with Gasteiger partial charge in [0.1, 0.15) is 11.7 Å². The number of anilines is 1. The Bertz CT molecular complexity index is 1620. The Morgan fingerprint density at radius 1 is 1.20 bits per heavy atom. The standard InChI is InChI=1S/C26H23N5O3S/c1-3-30-15-16(14-27-30)13-20-24(33)31-22-18-11-7-8-12-19(18)34-26(2,29-25(31)35-20)21(22)23(32)28-17-9-5-4-6-10-17/h4-15,21-22H,3H2,1-2H3,(H,28,32). The number of thiazole rings is 1. The van der Waals surface area contributed by atoms with Gasteiger partial charge in [-0.2, -0.15) is 5.10 Å². The minimum atomic E-state index is -1.17. The molecule has 0 fully saturated rings. The van der Waals surface area contributed by atoms with Crippen LogP contribution in [0.15, 0.2) is 76.8 Å². The van der Waals surface area contributed by atoms with Crippen molar-refractivity contribution in [3.8, 4) is 5.75 Å². The average molecular weight is 486 g/mol. The van der Waals surface area contributed by atoms with Crippen molar-refractivity contribution in [3.63, 3.8) is 0 Å². The molecule has 4 aromatic rings. The molecule has 0 saturated carbocycles. The summed E-state index contributed by atoms with van der Waals surface area (Å²) in [5.41, 5.74) is 0.962. The number of aryl methyl sites for hydroxylation is 1. The third-order valence-electron chi connectivity index (χ3n) is 6.48. The number of fused-ring (bicyclic) bond motifs is 6. The van der Waals surface area contributed by atoms with Gasteiger partial charge in [-0.15, -0.1) is 0 Å². The van der Waals surface area contributed by atoms with E-state index in [2.05, 4.69) is 10.4 Å². The fourth-order valence-corrected chi connectivity index (χ4v) is 5.96. The lowest BCUT2D eigenvalue weighted by molar-refractivity contribution is -0.131. The van der Waals surface area contributed by atoms with Gasteiger partial charge in [0.05, 0.1) is 16.8 Å². The van der Waals surface area contributed by atoms with Crippen LogP contribution in [-0.4, -0.2) is 26.0 Å². The highest BCUT2D eigenvalue weighted by atomic mass is 32.1. The van der Waals surface area contributed by atoms with E-state index >= 15 is 0 Å². The summed E-state index contributed by atoms with van der Waals surface area (Å²) in [6.45, 7) is 4.57. The number of hydrogen-bond donors (Lipinski definition) is 1. The number of carbonyl (C=O) groups excluding carboxylic acids is 1. The number of benzene rings is 2. The van der Waals surface area contributed by atoms with E-state index in [0.717, 1.165) is 17.7 Å². The van der Waals surface area contributed by atoms with Crippen LogP contribution in [0.25, 0.3) is 6.08 Å². The zero-order valence-corrected chi connectivity index (χ0v) is 20.0. The van der Waals surface area contributed by atoms with E-state index in [1.165, 1.54) is 11.3 Å². The van der Waals surface area contributed by atoms with Gasteiger partial charge in [-0.1, -0.05) is 47.7 Å². The first-order valence-corrected chi connectivity index (χ1v) is 12.3. The molecule has 2 aromatic heterocycles. The first-order chi connectivity index (χ1) is 17.0. The Hall–Kier alpha value is -3.98. The predicted molar refractivity (Wildman–Crippen MR) is 133 cm³/mol. The number of para-hydroxylation sites is 2. The number of nitrogens with one attached hydrogen (secondary N) is 1. The summed E-state index contributed by atoms with van der Waals surface area (Å²) < 4.78 is 10.3. The van der Waals surface area contributed by atoms with Crippen molar-refractivity contribution in [3.05, 3.63) is 97.8 Å². The monoisotopic (exact) mass is 485 g/mol. The smallest absolute Gasteiger partial charge is 0.270 e.